The number of nitrogens with zero attached hydrogens (tertiary/aromatic N) is 3. The van der Waals surface area contributed by atoms with E-state index in [1.54, 1.807) is 6.92 Å². The smallest absolute Gasteiger partial charge is 0.288 e. The van der Waals surface area contributed by atoms with Crippen LogP contribution in [-0.2, 0) is 15.9 Å². The highest BCUT2D eigenvalue weighted by Gasteiger charge is 2.32. The zero-order valence-electron chi connectivity index (χ0n) is 12.0. The Bertz CT molecular complexity index is 872. The molecule has 1 unspecified atom stereocenters. The molecule has 0 aliphatic rings. The van der Waals surface area contributed by atoms with Crippen molar-refractivity contribution >= 4 is 31.0 Å². The first-order valence-electron chi connectivity index (χ1n) is 6.13. The Labute approximate surface area is 135 Å². The number of thiazole rings is 1. The summed E-state index contributed by atoms with van der Waals surface area (Å²) >= 11 is 1.04. The predicted molar refractivity (Wildman–Crippen MR) is 83.5 cm³/mol. The fraction of sp³-hybridized carbons (Fsp3) is 0.231. The van der Waals surface area contributed by atoms with Gasteiger partial charge in [-0.25, -0.2) is 9.19 Å². The first kappa shape index (κ1) is 17.2. The quantitative estimate of drug-likeness (QED) is 0.674. The van der Waals surface area contributed by atoms with Gasteiger partial charge in [-0.15, -0.1) is 0 Å². The van der Waals surface area contributed by atoms with Gasteiger partial charge in [-0.3, -0.25) is 9.71 Å². The van der Waals surface area contributed by atoms with Gasteiger partial charge in [0.05, 0.1) is 15.9 Å². The van der Waals surface area contributed by atoms with E-state index >= 15 is 0 Å². The fourth-order valence-electron chi connectivity index (χ4n) is 1.61. The van der Waals surface area contributed by atoms with Crippen LogP contribution in [0, 0.1) is 11.3 Å². The van der Waals surface area contributed by atoms with Crippen LogP contribution in [0.5, 0.6) is 0 Å². The molecule has 0 aliphatic heterocycles. The molecule has 2 rings (SSSR count). The van der Waals surface area contributed by atoms with E-state index in [4.69, 9.17) is 5.26 Å². The van der Waals surface area contributed by atoms with Crippen LogP contribution in [0.3, 0.4) is 0 Å². The van der Waals surface area contributed by atoms with Crippen molar-refractivity contribution in [1.29, 1.82) is 5.26 Å². The molecule has 0 bridgehead atoms. The molecule has 1 N–H and O–H groups in total. The molecule has 0 radical (unpaired) electrons. The van der Waals surface area contributed by atoms with Gasteiger partial charge in [0.15, 0.2) is 5.13 Å². The van der Waals surface area contributed by atoms with Crippen LogP contribution in [0.25, 0.3) is 0 Å². The Kier molecular flexibility index (Phi) is 4.63. The summed E-state index contributed by atoms with van der Waals surface area (Å²) < 4.78 is 53.0. The minimum absolute atomic E-state index is 0.299. The van der Waals surface area contributed by atoms with Crippen LogP contribution >= 0.6 is 11.3 Å². The van der Waals surface area contributed by atoms with Gasteiger partial charge in [0.1, 0.15) is 16.6 Å². The molecule has 0 aromatic carbocycles. The molecule has 2 aromatic rings. The summed E-state index contributed by atoms with van der Waals surface area (Å²) in [6.45, 7) is 1.54. The molecule has 10 heteroatoms. The maximum absolute atomic E-state index is 12.7. The Morgan fingerprint density at radius 3 is 2.52 bits per heavy atom. The summed E-state index contributed by atoms with van der Waals surface area (Å²) in [5, 5.41) is 9.04. The summed E-state index contributed by atoms with van der Waals surface area (Å²) in [6.07, 6.45) is -0.733. The monoisotopic (exact) mass is 360 g/mol. The van der Waals surface area contributed by atoms with Crippen molar-refractivity contribution in [3.05, 3.63) is 40.7 Å². The van der Waals surface area contributed by atoms with Crippen LogP contribution < -0.4 is 4.72 Å². The van der Waals surface area contributed by atoms with Gasteiger partial charge in [-0.05, 0) is 13.0 Å². The van der Waals surface area contributed by atoms with Gasteiger partial charge < -0.3 is 0 Å². The summed E-state index contributed by atoms with van der Waals surface area (Å²) in [5.41, 5.74) is -0.682. The molecule has 2 aromatic heterocycles. The Hall–Kier alpha value is -2.12. The van der Waals surface area contributed by atoms with Gasteiger partial charge in [0.2, 0.25) is 0 Å². The highest BCUT2D eigenvalue weighted by molar-refractivity contribution is 8.03. The number of aromatic nitrogens is 2. The lowest BCUT2D eigenvalue weighted by molar-refractivity contribution is -0.141. The van der Waals surface area contributed by atoms with Gasteiger partial charge in [0.25, 0.3) is 0 Å². The zero-order chi connectivity index (χ0) is 17.3. The molecule has 0 aliphatic carbocycles. The van der Waals surface area contributed by atoms with Gasteiger partial charge >= 0.3 is 6.18 Å². The number of alkyl halides is 3. The van der Waals surface area contributed by atoms with Crippen LogP contribution in [0.1, 0.15) is 23.1 Å². The average Bonchev–Trinajstić information content (AvgIpc) is 2.92. The second-order valence-electron chi connectivity index (χ2n) is 4.57. The molecule has 0 amide bonds. The van der Waals surface area contributed by atoms with Crippen LogP contribution in [-0.4, -0.2) is 25.3 Å². The van der Waals surface area contributed by atoms with Gasteiger partial charge in [-0.1, -0.05) is 17.4 Å². The normalized spacial score (nSPS) is 13.9. The average molecular weight is 360 g/mol. The highest BCUT2D eigenvalue weighted by Crippen LogP contribution is 2.27. The standard InChI is InChI=1S/C13H11F3N4OS2/c1-8(9-3-4-11(18-6-9)13(14,15)16)23(2,21)20-12-19-7-10(5-17)22-12/h3-4,6-7H,1-2H3,(H,19,20,21). The minimum Gasteiger partial charge on any atom is -0.288 e. The third kappa shape index (κ3) is 4.00. The van der Waals surface area contributed by atoms with E-state index < -0.39 is 21.6 Å². The number of hydrogen-bond acceptors (Lipinski definition) is 5. The number of nitrogens with one attached hydrogen (secondary N) is 1. The maximum atomic E-state index is 12.7. The van der Waals surface area contributed by atoms with Gasteiger partial charge in [-0.2, -0.15) is 18.4 Å². The molecule has 5 nitrogen and oxygen atoms in total. The van der Waals surface area contributed by atoms with Crippen molar-refractivity contribution in [2.45, 2.75) is 13.1 Å². The largest absolute Gasteiger partial charge is 0.433 e. The second-order valence-corrected chi connectivity index (χ2v) is 8.11. The fourth-order valence-corrected chi connectivity index (χ4v) is 3.83. The molecular weight excluding hydrogens is 349 g/mol. The molecule has 0 fully saturated rings. The van der Waals surface area contributed by atoms with E-state index in [2.05, 4.69) is 14.7 Å². The number of nitriles is 1. The number of pyridine rings is 1. The third-order valence-corrected chi connectivity index (χ3v) is 5.88. The third-order valence-electron chi connectivity index (χ3n) is 2.94. The first-order chi connectivity index (χ1) is 10.6. The van der Waals surface area contributed by atoms with E-state index in [0.717, 1.165) is 23.6 Å². The maximum Gasteiger partial charge on any atom is 0.433 e. The van der Waals surface area contributed by atoms with Crippen LogP contribution in [0.4, 0.5) is 18.3 Å². The molecule has 0 saturated carbocycles. The molecule has 0 saturated heterocycles. The second kappa shape index (κ2) is 6.17. The Morgan fingerprint density at radius 1 is 1.35 bits per heavy atom. The first-order valence-corrected chi connectivity index (χ1v) is 8.92. The number of anilines is 1. The van der Waals surface area contributed by atoms with Crippen molar-refractivity contribution < 1.29 is 17.4 Å². The lowest BCUT2D eigenvalue weighted by atomic mass is 10.2. The van der Waals surface area contributed by atoms with Crippen LogP contribution in [0.2, 0.25) is 0 Å². The summed E-state index contributed by atoms with van der Waals surface area (Å²) in [4.78, 5) is 7.97. The number of rotatable bonds is 3. The molecule has 1 atom stereocenters. The Morgan fingerprint density at radius 2 is 2.04 bits per heavy atom. The van der Waals surface area contributed by atoms with E-state index in [0.29, 0.717) is 20.4 Å². The molecular formula is C13H11F3N4OS2. The van der Waals surface area contributed by atoms with Gasteiger partial charge in [0, 0.05) is 22.9 Å². The summed E-state index contributed by atoms with van der Waals surface area (Å²) in [5.74, 6) is 0. The van der Waals surface area contributed by atoms with E-state index in [1.807, 2.05) is 6.07 Å². The van der Waals surface area contributed by atoms with Crippen molar-refractivity contribution in [2.24, 2.45) is 0 Å². The lowest BCUT2D eigenvalue weighted by Crippen LogP contribution is -2.20. The van der Waals surface area contributed by atoms with Crippen molar-refractivity contribution in [2.75, 3.05) is 11.0 Å². The number of halogens is 3. The Balaban J connectivity index is 2.35. The SMILES string of the molecule is CC(c1ccc(C(F)(F)F)nc1)=S(C)(=O)Nc1ncc(C#N)s1. The molecule has 2 heterocycles. The van der Waals surface area contributed by atoms with Crippen molar-refractivity contribution in [3.8, 4) is 6.07 Å². The molecule has 122 valence electrons. The van der Waals surface area contributed by atoms with Crippen molar-refractivity contribution in [1.82, 2.24) is 9.97 Å². The predicted octanol–water partition coefficient (Wildman–Crippen LogP) is 2.91. The summed E-state index contributed by atoms with van der Waals surface area (Å²) in [6, 6.07) is 3.97. The summed E-state index contributed by atoms with van der Waals surface area (Å²) in [7, 11) is -2.78. The van der Waals surface area contributed by atoms with Crippen LogP contribution in [0.15, 0.2) is 24.5 Å². The topological polar surface area (TPSA) is 78.7 Å². The number of hydrogen-bond donors (Lipinski definition) is 1. The minimum atomic E-state index is -4.52. The van der Waals surface area contributed by atoms with Crippen molar-refractivity contribution in [3.63, 3.8) is 0 Å². The molecule has 23 heavy (non-hydrogen) atoms. The van der Waals surface area contributed by atoms with E-state index in [1.165, 1.54) is 18.5 Å². The van der Waals surface area contributed by atoms with E-state index in [9.17, 15) is 17.4 Å². The lowest BCUT2D eigenvalue weighted by Gasteiger charge is -2.12. The molecule has 0 spiro atoms. The highest BCUT2D eigenvalue weighted by atomic mass is 32.2. The van der Waals surface area contributed by atoms with E-state index in [-0.39, 0.29) is 0 Å². The zero-order valence-corrected chi connectivity index (χ0v) is 13.6.